The van der Waals surface area contributed by atoms with E-state index in [2.05, 4.69) is 0 Å². The summed E-state index contributed by atoms with van der Waals surface area (Å²) >= 11 is 5.61. The first kappa shape index (κ1) is 18.3. The molecule has 3 rings (SSSR count). The second-order valence-electron chi connectivity index (χ2n) is 6.36. The Morgan fingerprint density at radius 1 is 1.28 bits per heavy atom. The quantitative estimate of drug-likeness (QED) is 0.712. The Bertz CT molecular complexity index is 673. The predicted octanol–water partition coefficient (Wildman–Crippen LogP) is 4.54. The van der Waals surface area contributed by atoms with Crippen molar-refractivity contribution in [1.82, 2.24) is 4.90 Å². The van der Waals surface area contributed by atoms with Crippen LogP contribution in [0.5, 0.6) is 0 Å². The number of rotatable bonds is 2. The van der Waals surface area contributed by atoms with Crippen LogP contribution < -0.4 is 0 Å². The van der Waals surface area contributed by atoms with Crippen molar-refractivity contribution in [3.05, 3.63) is 40.4 Å². The van der Waals surface area contributed by atoms with Crippen molar-refractivity contribution in [2.75, 3.05) is 13.2 Å². The van der Waals surface area contributed by atoms with Crippen molar-refractivity contribution >= 4 is 23.6 Å². The number of fused-ring (bicyclic) bond motifs is 1. The molecule has 2 atom stereocenters. The Labute approximate surface area is 149 Å². The molecule has 1 saturated heterocycles. The molecule has 1 aromatic carbocycles. The lowest BCUT2D eigenvalue weighted by Crippen LogP contribution is -2.54. The average Bonchev–Trinajstić information content (AvgIpc) is 2.59. The van der Waals surface area contributed by atoms with Gasteiger partial charge < -0.3 is 9.64 Å². The molecule has 1 amide bonds. The van der Waals surface area contributed by atoms with Gasteiger partial charge in [-0.15, -0.1) is 0 Å². The lowest BCUT2D eigenvalue weighted by molar-refractivity contribution is -0.144. The molecule has 1 aliphatic heterocycles. The number of ether oxygens (including phenoxy) is 1. The zero-order chi connectivity index (χ0) is 18.0. The van der Waals surface area contributed by atoms with E-state index in [1.165, 1.54) is 24.3 Å². The van der Waals surface area contributed by atoms with Gasteiger partial charge >= 0.3 is 6.18 Å². The van der Waals surface area contributed by atoms with Gasteiger partial charge in [-0.2, -0.15) is 13.2 Å². The summed E-state index contributed by atoms with van der Waals surface area (Å²) in [4.78, 5) is 14.3. The fourth-order valence-corrected chi connectivity index (χ4v) is 3.72. The summed E-state index contributed by atoms with van der Waals surface area (Å²) in [5, 5.41) is -0.353. The van der Waals surface area contributed by atoms with E-state index in [-0.39, 0.29) is 23.1 Å². The van der Waals surface area contributed by atoms with E-state index in [1.54, 1.807) is 4.90 Å². The Morgan fingerprint density at radius 2 is 2.04 bits per heavy atom. The molecule has 0 N–H and O–H groups in total. The molecule has 0 aromatic heterocycles. The average molecular weight is 374 g/mol. The molecule has 2 aliphatic rings. The van der Waals surface area contributed by atoms with Crippen LogP contribution in [0.15, 0.2) is 24.3 Å². The fraction of sp³-hybridized carbons (Fsp3) is 0.500. The van der Waals surface area contributed by atoms with Crippen molar-refractivity contribution in [2.24, 2.45) is 0 Å². The monoisotopic (exact) mass is 373 g/mol. The maximum atomic E-state index is 12.9. The van der Waals surface area contributed by atoms with E-state index in [4.69, 9.17) is 16.3 Å². The second kappa shape index (κ2) is 7.38. The number of carbonyl (C=O) groups is 1. The molecule has 0 unspecified atom stereocenters. The number of carbonyl (C=O) groups excluding carboxylic acids is 1. The molecule has 3 nitrogen and oxygen atoms in total. The summed E-state index contributed by atoms with van der Waals surface area (Å²) in [5.41, 5.74) is -0.610. The molecule has 0 radical (unpaired) electrons. The molecular formula is C18H19ClF3NO2. The number of halogens is 4. The lowest BCUT2D eigenvalue weighted by atomic mass is 9.90. The van der Waals surface area contributed by atoms with Crippen LogP contribution in [-0.4, -0.2) is 36.1 Å². The predicted molar refractivity (Wildman–Crippen MR) is 89.2 cm³/mol. The van der Waals surface area contributed by atoms with E-state index in [0.29, 0.717) is 18.7 Å². The first-order chi connectivity index (χ1) is 11.9. The van der Waals surface area contributed by atoms with Crippen molar-refractivity contribution in [1.29, 1.82) is 0 Å². The van der Waals surface area contributed by atoms with Crippen molar-refractivity contribution in [3.63, 3.8) is 0 Å². The Hall–Kier alpha value is -1.53. The fourth-order valence-electron chi connectivity index (χ4n) is 3.50. The zero-order valence-corrected chi connectivity index (χ0v) is 14.3. The van der Waals surface area contributed by atoms with Crippen molar-refractivity contribution < 1.29 is 22.7 Å². The molecule has 25 heavy (non-hydrogen) atoms. The number of nitrogens with zero attached hydrogens (tertiary/aromatic N) is 1. The molecule has 1 aliphatic carbocycles. The van der Waals surface area contributed by atoms with Gasteiger partial charge in [0.2, 0.25) is 5.91 Å². The third-order valence-corrected chi connectivity index (χ3v) is 5.06. The topological polar surface area (TPSA) is 29.5 Å². The minimum Gasteiger partial charge on any atom is -0.374 e. The highest BCUT2D eigenvalue weighted by molar-refractivity contribution is 6.31. The van der Waals surface area contributed by atoms with E-state index in [1.807, 2.05) is 0 Å². The smallest absolute Gasteiger partial charge is 0.374 e. The third-order valence-electron chi connectivity index (χ3n) is 4.73. The van der Waals surface area contributed by atoms with Gasteiger partial charge in [0.1, 0.15) is 0 Å². The minimum absolute atomic E-state index is 0.0654. The Morgan fingerprint density at radius 3 is 2.80 bits per heavy atom. The van der Waals surface area contributed by atoms with Crippen LogP contribution in [0.1, 0.15) is 36.8 Å². The van der Waals surface area contributed by atoms with E-state index in [0.717, 1.165) is 31.7 Å². The van der Waals surface area contributed by atoms with Crippen LogP contribution in [0.3, 0.4) is 0 Å². The Balaban J connectivity index is 1.74. The first-order valence-corrected chi connectivity index (χ1v) is 8.71. The molecule has 0 bridgehead atoms. The molecule has 1 saturated carbocycles. The third kappa shape index (κ3) is 4.18. The summed E-state index contributed by atoms with van der Waals surface area (Å²) in [7, 11) is 0. The molecule has 1 heterocycles. The molecule has 136 valence electrons. The standard InChI is InChI=1S/C18H19ClF3NO2/c19-14-7-5-12(11-13(14)18(20,21)22)6-8-17(24)23-9-10-25-16-4-2-1-3-15(16)23/h5-8,11,15-16H,1-4,9-10H2/b8-6+/t15-,16-/m0/s1. The highest BCUT2D eigenvalue weighted by Gasteiger charge is 2.36. The van der Waals surface area contributed by atoms with Crippen molar-refractivity contribution in [3.8, 4) is 0 Å². The van der Waals surface area contributed by atoms with E-state index in [9.17, 15) is 18.0 Å². The van der Waals surface area contributed by atoms with Gasteiger partial charge in [0.25, 0.3) is 0 Å². The molecule has 0 spiro atoms. The van der Waals surface area contributed by atoms with Crippen molar-refractivity contribution in [2.45, 2.75) is 44.0 Å². The number of alkyl halides is 3. The summed E-state index contributed by atoms with van der Waals surface area (Å²) in [6.45, 7) is 1.01. The summed E-state index contributed by atoms with van der Waals surface area (Å²) < 4.78 is 44.5. The minimum atomic E-state index is -4.52. The molecule has 7 heteroatoms. The Kier molecular flexibility index (Phi) is 5.39. The number of amides is 1. The molecular weight excluding hydrogens is 355 g/mol. The maximum Gasteiger partial charge on any atom is 0.417 e. The molecule has 2 fully saturated rings. The summed E-state index contributed by atoms with van der Waals surface area (Å²) in [5.74, 6) is -0.191. The van der Waals surface area contributed by atoms with Gasteiger partial charge in [0, 0.05) is 12.6 Å². The van der Waals surface area contributed by atoms with Gasteiger partial charge in [-0.1, -0.05) is 30.5 Å². The number of hydrogen-bond donors (Lipinski definition) is 0. The summed E-state index contributed by atoms with van der Waals surface area (Å²) in [6.07, 6.45) is 2.31. The number of morpholine rings is 1. The van der Waals surface area contributed by atoms with Gasteiger partial charge in [0.05, 0.1) is 29.3 Å². The highest BCUT2D eigenvalue weighted by Crippen LogP contribution is 2.35. The van der Waals surface area contributed by atoms with E-state index >= 15 is 0 Å². The van der Waals surface area contributed by atoms with E-state index < -0.39 is 11.7 Å². The summed E-state index contributed by atoms with van der Waals surface area (Å²) in [6, 6.07) is 3.68. The second-order valence-corrected chi connectivity index (χ2v) is 6.77. The van der Waals surface area contributed by atoms with Crippen LogP contribution >= 0.6 is 11.6 Å². The largest absolute Gasteiger partial charge is 0.417 e. The molecule has 1 aromatic rings. The maximum absolute atomic E-state index is 12.9. The zero-order valence-electron chi connectivity index (χ0n) is 13.6. The van der Waals surface area contributed by atoms with Gasteiger partial charge in [-0.25, -0.2) is 0 Å². The van der Waals surface area contributed by atoms with Crippen LogP contribution in [0.2, 0.25) is 5.02 Å². The highest BCUT2D eigenvalue weighted by atomic mass is 35.5. The first-order valence-electron chi connectivity index (χ1n) is 8.33. The lowest BCUT2D eigenvalue weighted by Gasteiger charge is -2.43. The van der Waals surface area contributed by atoms with Crippen LogP contribution in [0, 0.1) is 0 Å². The van der Waals surface area contributed by atoms with Crippen LogP contribution in [0.25, 0.3) is 6.08 Å². The van der Waals surface area contributed by atoms with Crippen LogP contribution in [-0.2, 0) is 15.7 Å². The number of benzene rings is 1. The SMILES string of the molecule is O=C(/C=C/c1ccc(Cl)c(C(F)(F)F)c1)N1CCO[C@H]2CCCC[C@@H]21. The van der Waals surface area contributed by atoms with Crippen LogP contribution in [0.4, 0.5) is 13.2 Å². The van der Waals surface area contributed by atoms with Gasteiger partial charge in [0.15, 0.2) is 0 Å². The number of hydrogen-bond acceptors (Lipinski definition) is 2. The van der Waals surface area contributed by atoms with Gasteiger partial charge in [-0.05, 0) is 36.6 Å². The van der Waals surface area contributed by atoms with Gasteiger partial charge in [-0.3, -0.25) is 4.79 Å². The normalized spacial score (nSPS) is 24.4.